The quantitative estimate of drug-likeness (QED) is 0.854. The summed E-state index contributed by atoms with van der Waals surface area (Å²) in [7, 11) is 0. The maximum Gasteiger partial charge on any atom is 0.263 e. The molecule has 3 N–H and O–H groups in total. The smallest absolute Gasteiger partial charge is 0.263 e. The molecule has 2 rings (SSSR count). The van der Waals surface area contributed by atoms with E-state index in [9.17, 15) is 4.79 Å². The zero-order chi connectivity index (χ0) is 14.9. The fourth-order valence-corrected chi connectivity index (χ4v) is 4.12. The molecule has 5 heteroatoms. The highest BCUT2D eigenvalue weighted by Crippen LogP contribution is 2.38. The van der Waals surface area contributed by atoms with Gasteiger partial charge in [-0.1, -0.05) is 35.8 Å². The highest BCUT2D eigenvalue weighted by molar-refractivity contribution is 9.10. The summed E-state index contributed by atoms with van der Waals surface area (Å²) < 4.78 is 1.96. The number of amides is 1. The van der Waals surface area contributed by atoms with Crippen molar-refractivity contribution in [2.24, 2.45) is 5.92 Å². The lowest BCUT2D eigenvalue weighted by atomic mass is 10.1. The Balaban J connectivity index is 2.27. The van der Waals surface area contributed by atoms with Gasteiger partial charge in [-0.05, 0) is 31.4 Å². The number of carbonyl (C=O) groups excluding carboxylic acids is 1. The summed E-state index contributed by atoms with van der Waals surface area (Å²) in [5.41, 5.74) is 6.70. The molecule has 20 heavy (non-hydrogen) atoms. The molecule has 2 aromatic rings. The fourth-order valence-electron chi connectivity index (χ4n) is 2.35. The average molecular weight is 355 g/mol. The second-order valence-electron chi connectivity index (χ2n) is 5.46. The SMILES string of the molecule is CC(C)CC(C)NC(=O)c1sc2cccc(Br)c2c1N. The number of anilines is 1. The van der Waals surface area contributed by atoms with Crippen molar-refractivity contribution in [2.45, 2.75) is 33.2 Å². The minimum absolute atomic E-state index is 0.0799. The first-order chi connectivity index (χ1) is 9.40. The van der Waals surface area contributed by atoms with Gasteiger partial charge in [0.05, 0.1) is 5.69 Å². The number of benzene rings is 1. The summed E-state index contributed by atoms with van der Waals surface area (Å²) >= 11 is 4.93. The van der Waals surface area contributed by atoms with Crippen LogP contribution < -0.4 is 11.1 Å². The molecule has 0 aliphatic heterocycles. The Morgan fingerprint density at radius 2 is 2.10 bits per heavy atom. The molecule has 3 nitrogen and oxygen atoms in total. The highest BCUT2D eigenvalue weighted by atomic mass is 79.9. The molecule has 0 aliphatic rings. The molecule has 1 atom stereocenters. The molecule has 0 bridgehead atoms. The van der Waals surface area contributed by atoms with Crippen molar-refractivity contribution in [3.8, 4) is 0 Å². The van der Waals surface area contributed by atoms with Crippen LogP contribution in [0.2, 0.25) is 0 Å². The normalized spacial score (nSPS) is 12.8. The molecule has 0 saturated carbocycles. The van der Waals surface area contributed by atoms with Crippen molar-refractivity contribution in [3.63, 3.8) is 0 Å². The topological polar surface area (TPSA) is 55.1 Å². The highest BCUT2D eigenvalue weighted by Gasteiger charge is 2.19. The standard InChI is InChI=1S/C15H19BrN2OS/c1-8(2)7-9(3)18-15(19)14-13(17)12-10(16)5-4-6-11(12)20-14/h4-6,8-9H,7,17H2,1-3H3,(H,18,19). The number of hydrogen-bond donors (Lipinski definition) is 2. The van der Waals surface area contributed by atoms with E-state index in [1.807, 2.05) is 25.1 Å². The van der Waals surface area contributed by atoms with E-state index in [0.717, 1.165) is 21.0 Å². The van der Waals surface area contributed by atoms with E-state index in [0.29, 0.717) is 16.5 Å². The minimum atomic E-state index is -0.0799. The number of nitrogens with two attached hydrogens (primary N) is 1. The molecular formula is C15H19BrN2OS. The Morgan fingerprint density at radius 3 is 2.70 bits per heavy atom. The van der Waals surface area contributed by atoms with Crippen molar-refractivity contribution >= 4 is 48.9 Å². The average Bonchev–Trinajstić information content (AvgIpc) is 2.67. The van der Waals surface area contributed by atoms with Crippen LogP contribution in [0.4, 0.5) is 5.69 Å². The number of thiophene rings is 1. The lowest BCUT2D eigenvalue weighted by Crippen LogP contribution is -2.33. The van der Waals surface area contributed by atoms with Gasteiger partial charge in [0.25, 0.3) is 5.91 Å². The Hall–Kier alpha value is -1.07. The molecule has 108 valence electrons. The number of hydrogen-bond acceptors (Lipinski definition) is 3. The van der Waals surface area contributed by atoms with Gasteiger partial charge in [-0.15, -0.1) is 11.3 Å². The lowest BCUT2D eigenvalue weighted by molar-refractivity contribution is 0.0941. The monoisotopic (exact) mass is 354 g/mol. The number of halogens is 1. The summed E-state index contributed by atoms with van der Waals surface area (Å²) in [6.07, 6.45) is 0.959. The lowest BCUT2D eigenvalue weighted by Gasteiger charge is -2.15. The largest absolute Gasteiger partial charge is 0.397 e. The predicted molar refractivity (Wildman–Crippen MR) is 90.3 cm³/mol. The van der Waals surface area contributed by atoms with E-state index in [1.165, 1.54) is 11.3 Å². The molecule has 0 saturated heterocycles. The molecule has 1 unspecified atom stereocenters. The van der Waals surface area contributed by atoms with Gasteiger partial charge in [-0.2, -0.15) is 0 Å². The first-order valence-electron chi connectivity index (χ1n) is 6.67. The second kappa shape index (κ2) is 6.14. The molecule has 0 aliphatic carbocycles. The number of carbonyl (C=O) groups is 1. The third-order valence-corrected chi connectivity index (χ3v) is 4.94. The Kier molecular flexibility index (Phi) is 4.70. The van der Waals surface area contributed by atoms with Gasteiger partial charge in [0.1, 0.15) is 4.88 Å². The minimum Gasteiger partial charge on any atom is -0.397 e. The first kappa shape index (κ1) is 15.3. The Labute approximate surface area is 131 Å². The summed E-state index contributed by atoms with van der Waals surface area (Å²) in [4.78, 5) is 12.9. The van der Waals surface area contributed by atoms with Crippen LogP contribution in [0, 0.1) is 5.92 Å². The second-order valence-corrected chi connectivity index (χ2v) is 7.37. The first-order valence-corrected chi connectivity index (χ1v) is 8.28. The van der Waals surface area contributed by atoms with Crippen LogP contribution in [0.1, 0.15) is 36.9 Å². The van der Waals surface area contributed by atoms with Gasteiger partial charge in [0, 0.05) is 20.6 Å². The summed E-state index contributed by atoms with van der Waals surface area (Å²) in [5, 5.41) is 3.95. The van der Waals surface area contributed by atoms with Gasteiger partial charge in [-0.3, -0.25) is 4.79 Å². The van der Waals surface area contributed by atoms with E-state index >= 15 is 0 Å². The van der Waals surface area contributed by atoms with E-state index in [4.69, 9.17) is 5.73 Å². The Morgan fingerprint density at radius 1 is 1.40 bits per heavy atom. The molecule has 1 amide bonds. The van der Waals surface area contributed by atoms with E-state index in [-0.39, 0.29) is 11.9 Å². The van der Waals surface area contributed by atoms with Crippen LogP contribution in [0.25, 0.3) is 10.1 Å². The van der Waals surface area contributed by atoms with Crippen LogP contribution in [-0.4, -0.2) is 11.9 Å². The van der Waals surface area contributed by atoms with Gasteiger partial charge in [-0.25, -0.2) is 0 Å². The molecule has 1 aromatic heterocycles. The van der Waals surface area contributed by atoms with Gasteiger partial charge < -0.3 is 11.1 Å². The fraction of sp³-hybridized carbons (Fsp3) is 0.400. The van der Waals surface area contributed by atoms with Crippen molar-refractivity contribution in [1.29, 1.82) is 0 Å². The third kappa shape index (κ3) is 3.15. The zero-order valence-electron chi connectivity index (χ0n) is 11.9. The van der Waals surface area contributed by atoms with Crippen molar-refractivity contribution in [2.75, 3.05) is 5.73 Å². The molecule has 1 heterocycles. The summed E-state index contributed by atoms with van der Waals surface area (Å²) in [6, 6.07) is 6.02. The van der Waals surface area contributed by atoms with E-state index in [1.54, 1.807) is 0 Å². The predicted octanol–water partition coefficient (Wildman–Crippen LogP) is 4.41. The number of nitrogen functional groups attached to an aromatic ring is 1. The van der Waals surface area contributed by atoms with Crippen LogP contribution in [0.5, 0.6) is 0 Å². The van der Waals surface area contributed by atoms with Crippen LogP contribution in [0.15, 0.2) is 22.7 Å². The van der Waals surface area contributed by atoms with Crippen LogP contribution in [-0.2, 0) is 0 Å². The molecule has 0 spiro atoms. The molecule has 1 aromatic carbocycles. The van der Waals surface area contributed by atoms with Crippen molar-refractivity contribution in [1.82, 2.24) is 5.32 Å². The number of nitrogens with one attached hydrogen (secondary N) is 1. The Bertz CT molecular complexity index is 636. The van der Waals surface area contributed by atoms with Crippen molar-refractivity contribution < 1.29 is 4.79 Å². The maximum atomic E-state index is 12.3. The van der Waals surface area contributed by atoms with E-state index < -0.39 is 0 Å². The van der Waals surface area contributed by atoms with Crippen molar-refractivity contribution in [3.05, 3.63) is 27.5 Å². The maximum absolute atomic E-state index is 12.3. The number of rotatable bonds is 4. The van der Waals surface area contributed by atoms with Gasteiger partial charge in [0.15, 0.2) is 0 Å². The third-order valence-electron chi connectivity index (χ3n) is 3.11. The van der Waals surface area contributed by atoms with Crippen LogP contribution >= 0.6 is 27.3 Å². The van der Waals surface area contributed by atoms with Gasteiger partial charge >= 0.3 is 0 Å². The zero-order valence-corrected chi connectivity index (χ0v) is 14.3. The van der Waals surface area contributed by atoms with E-state index in [2.05, 4.69) is 35.1 Å². The molecular weight excluding hydrogens is 336 g/mol. The van der Waals surface area contributed by atoms with Crippen LogP contribution in [0.3, 0.4) is 0 Å². The molecule has 0 radical (unpaired) electrons. The van der Waals surface area contributed by atoms with Gasteiger partial charge in [0.2, 0.25) is 0 Å². The summed E-state index contributed by atoms with van der Waals surface area (Å²) in [6.45, 7) is 6.32. The number of fused-ring (bicyclic) bond motifs is 1. The summed E-state index contributed by atoms with van der Waals surface area (Å²) in [5.74, 6) is 0.475. The molecule has 0 fully saturated rings.